The van der Waals surface area contributed by atoms with Gasteiger partial charge in [-0.05, 0) is 25.8 Å². The number of aromatic nitrogens is 1. The number of rotatable bonds is 7. The first-order chi connectivity index (χ1) is 12.4. The molecule has 0 radical (unpaired) electrons. The highest BCUT2D eigenvalue weighted by atomic mass is 19.4. The van der Waals surface area contributed by atoms with Gasteiger partial charge < -0.3 is 19.5 Å². The van der Waals surface area contributed by atoms with Crippen molar-refractivity contribution < 1.29 is 32.5 Å². The van der Waals surface area contributed by atoms with Crippen LogP contribution in [-0.4, -0.2) is 48.5 Å². The number of nitrogens with zero attached hydrogens (tertiary/aromatic N) is 2. The predicted molar refractivity (Wildman–Crippen MR) is 87.6 cm³/mol. The zero-order valence-corrected chi connectivity index (χ0v) is 14.6. The largest absolute Gasteiger partial charge is 0.466 e. The van der Waals surface area contributed by atoms with Gasteiger partial charge in [0.15, 0.2) is 0 Å². The minimum absolute atomic E-state index is 0.0345. The van der Waals surface area contributed by atoms with Crippen molar-refractivity contribution in [2.45, 2.75) is 45.0 Å². The molecule has 1 aliphatic heterocycles. The van der Waals surface area contributed by atoms with Crippen LogP contribution in [0.3, 0.4) is 0 Å². The van der Waals surface area contributed by atoms with Crippen LogP contribution >= 0.6 is 0 Å². The molecule has 1 N–H and O–H groups in total. The van der Waals surface area contributed by atoms with E-state index in [2.05, 4.69) is 4.98 Å². The second-order valence-electron chi connectivity index (χ2n) is 5.95. The number of aliphatic hydroxyl groups is 1. The molecule has 0 unspecified atom stereocenters. The average molecular weight is 376 g/mol. The molecule has 2 heterocycles. The Morgan fingerprint density at radius 3 is 2.69 bits per heavy atom. The summed E-state index contributed by atoms with van der Waals surface area (Å²) >= 11 is 0. The molecule has 1 aromatic rings. The lowest BCUT2D eigenvalue weighted by atomic mass is 10.0. The summed E-state index contributed by atoms with van der Waals surface area (Å²) in [5.41, 5.74) is -0.835. The number of pyridine rings is 1. The number of alkyl halides is 3. The maximum Gasteiger partial charge on any atom is 0.417 e. The van der Waals surface area contributed by atoms with Crippen LogP contribution in [0.2, 0.25) is 0 Å². The van der Waals surface area contributed by atoms with Crippen molar-refractivity contribution >= 4 is 11.8 Å². The molecule has 9 heteroatoms. The maximum atomic E-state index is 12.9. The van der Waals surface area contributed by atoms with Crippen LogP contribution in [0.5, 0.6) is 0 Å². The number of anilines is 1. The number of hydrogen-bond acceptors (Lipinski definition) is 6. The highest BCUT2D eigenvalue weighted by molar-refractivity contribution is 5.70. The van der Waals surface area contributed by atoms with E-state index < -0.39 is 18.3 Å². The molecule has 0 aromatic carbocycles. The number of hydrogen-bond donors (Lipinski definition) is 1. The molecule has 26 heavy (non-hydrogen) atoms. The molecule has 2 rings (SSSR count). The van der Waals surface area contributed by atoms with E-state index in [0.717, 1.165) is 12.3 Å². The van der Waals surface area contributed by atoms with Crippen molar-refractivity contribution in [1.29, 1.82) is 0 Å². The van der Waals surface area contributed by atoms with Crippen LogP contribution < -0.4 is 4.90 Å². The van der Waals surface area contributed by atoms with Crippen LogP contribution in [0, 0.1) is 0 Å². The molecule has 0 bridgehead atoms. The quantitative estimate of drug-likeness (QED) is 0.738. The monoisotopic (exact) mass is 376 g/mol. The van der Waals surface area contributed by atoms with Gasteiger partial charge in [0.05, 0.1) is 25.2 Å². The van der Waals surface area contributed by atoms with Crippen LogP contribution in [0.25, 0.3) is 0 Å². The number of carbonyl (C=O) groups excluding carboxylic acids is 1. The normalized spacial score (nSPS) is 15.7. The van der Waals surface area contributed by atoms with Gasteiger partial charge in [0.1, 0.15) is 5.82 Å². The summed E-state index contributed by atoms with van der Waals surface area (Å²) in [5.74, 6) is -0.126. The number of carbonyl (C=O) groups is 1. The SMILES string of the molecule is CCOC(=O)CCN(c1ncc(C(F)(F)F)cc1CO)C1CCOCC1. The van der Waals surface area contributed by atoms with E-state index in [-0.39, 0.29) is 43.0 Å². The number of halogens is 3. The Bertz CT molecular complexity index is 604. The predicted octanol–water partition coefficient (Wildman–Crippen LogP) is 2.53. The fourth-order valence-corrected chi connectivity index (χ4v) is 2.94. The summed E-state index contributed by atoms with van der Waals surface area (Å²) in [7, 11) is 0. The zero-order chi connectivity index (χ0) is 19.2. The van der Waals surface area contributed by atoms with Crippen LogP contribution in [0.1, 0.15) is 37.3 Å². The topological polar surface area (TPSA) is 71.9 Å². The molecule has 0 saturated carbocycles. The summed E-state index contributed by atoms with van der Waals surface area (Å²) < 4.78 is 49.0. The first kappa shape index (κ1) is 20.4. The fraction of sp³-hybridized carbons (Fsp3) is 0.647. The van der Waals surface area contributed by atoms with Crippen molar-refractivity contribution in [3.05, 3.63) is 23.4 Å². The van der Waals surface area contributed by atoms with Crippen molar-refractivity contribution in [3.8, 4) is 0 Å². The van der Waals surface area contributed by atoms with Crippen molar-refractivity contribution in [1.82, 2.24) is 4.98 Å². The zero-order valence-electron chi connectivity index (χ0n) is 14.6. The molecular formula is C17H23F3N2O4. The van der Waals surface area contributed by atoms with Gasteiger partial charge in [0, 0.05) is 37.6 Å². The molecule has 0 amide bonds. The highest BCUT2D eigenvalue weighted by Gasteiger charge is 2.33. The summed E-state index contributed by atoms with van der Waals surface area (Å²) in [4.78, 5) is 17.5. The summed E-state index contributed by atoms with van der Waals surface area (Å²) in [6.45, 7) is 2.68. The third kappa shape index (κ3) is 5.31. The van der Waals surface area contributed by atoms with Gasteiger partial charge in [-0.15, -0.1) is 0 Å². The number of esters is 1. The molecule has 0 spiro atoms. The minimum Gasteiger partial charge on any atom is -0.466 e. The Labute approximate surface area is 149 Å². The van der Waals surface area contributed by atoms with Crippen LogP contribution in [0.4, 0.5) is 19.0 Å². The smallest absolute Gasteiger partial charge is 0.417 e. The summed E-state index contributed by atoms with van der Waals surface area (Å²) in [6.07, 6.45) is -2.37. The molecule has 0 atom stereocenters. The second kappa shape index (κ2) is 9.18. The van der Waals surface area contributed by atoms with Crippen LogP contribution in [0.15, 0.2) is 12.3 Å². The Balaban J connectivity index is 2.29. The van der Waals surface area contributed by atoms with Gasteiger partial charge in [-0.2, -0.15) is 13.2 Å². The number of aliphatic hydroxyl groups excluding tert-OH is 1. The molecular weight excluding hydrogens is 353 g/mol. The molecule has 1 fully saturated rings. The molecule has 6 nitrogen and oxygen atoms in total. The van der Waals surface area contributed by atoms with Gasteiger partial charge in [-0.1, -0.05) is 0 Å². The van der Waals surface area contributed by atoms with Crippen molar-refractivity contribution in [3.63, 3.8) is 0 Å². The first-order valence-electron chi connectivity index (χ1n) is 8.53. The molecule has 146 valence electrons. The Morgan fingerprint density at radius 1 is 1.42 bits per heavy atom. The maximum absolute atomic E-state index is 12.9. The molecule has 1 saturated heterocycles. The Kier molecular flexibility index (Phi) is 7.22. The molecule has 1 aromatic heterocycles. The van der Waals surface area contributed by atoms with Gasteiger partial charge in [-0.3, -0.25) is 4.79 Å². The van der Waals surface area contributed by atoms with Gasteiger partial charge >= 0.3 is 12.1 Å². The molecule has 0 aliphatic carbocycles. The summed E-state index contributed by atoms with van der Waals surface area (Å²) in [5, 5.41) is 9.57. The average Bonchev–Trinajstić information content (AvgIpc) is 2.62. The van der Waals surface area contributed by atoms with E-state index >= 15 is 0 Å². The lowest BCUT2D eigenvalue weighted by Gasteiger charge is -2.36. The van der Waals surface area contributed by atoms with Crippen molar-refractivity contribution in [2.75, 3.05) is 31.3 Å². The van der Waals surface area contributed by atoms with E-state index in [1.165, 1.54) is 0 Å². The van der Waals surface area contributed by atoms with E-state index in [1.807, 2.05) is 0 Å². The highest BCUT2D eigenvalue weighted by Crippen LogP contribution is 2.33. The Hall–Kier alpha value is -1.87. The lowest BCUT2D eigenvalue weighted by Crippen LogP contribution is -2.42. The first-order valence-corrected chi connectivity index (χ1v) is 8.53. The fourth-order valence-electron chi connectivity index (χ4n) is 2.94. The van der Waals surface area contributed by atoms with Gasteiger partial charge in [-0.25, -0.2) is 4.98 Å². The third-order valence-electron chi connectivity index (χ3n) is 4.21. The number of ether oxygens (including phenoxy) is 2. The van der Waals surface area contributed by atoms with E-state index in [4.69, 9.17) is 9.47 Å². The Morgan fingerprint density at radius 2 is 2.12 bits per heavy atom. The summed E-state index contributed by atoms with van der Waals surface area (Å²) in [6, 6.07) is 0.867. The minimum atomic E-state index is -4.54. The standard InChI is InChI=1S/C17H23F3N2O4/c1-2-26-15(24)3-6-22(14-4-7-25-8-5-14)16-12(11-23)9-13(10-21-16)17(18,19)20/h9-10,14,23H,2-8,11H2,1H3. The van der Waals surface area contributed by atoms with Gasteiger partial charge in [0.2, 0.25) is 0 Å². The van der Waals surface area contributed by atoms with E-state index in [1.54, 1.807) is 11.8 Å². The van der Waals surface area contributed by atoms with Gasteiger partial charge in [0.25, 0.3) is 0 Å². The third-order valence-corrected chi connectivity index (χ3v) is 4.21. The van der Waals surface area contributed by atoms with Crippen molar-refractivity contribution in [2.24, 2.45) is 0 Å². The second-order valence-corrected chi connectivity index (χ2v) is 5.95. The van der Waals surface area contributed by atoms with Crippen LogP contribution in [-0.2, 0) is 27.1 Å². The molecule has 1 aliphatic rings. The van der Waals surface area contributed by atoms with E-state index in [9.17, 15) is 23.1 Å². The lowest BCUT2D eigenvalue weighted by molar-refractivity contribution is -0.143. The van der Waals surface area contributed by atoms with E-state index in [0.29, 0.717) is 26.1 Å².